The van der Waals surface area contributed by atoms with E-state index in [0.29, 0.717) is 17.0 Å². The van der Waals surface area contributed by atoms with E-state index < -0.39 is 11.9 Å². The molecule has 2 heterocycles. The summed E-state index contributed by atoms with van der Waals surface area (Å²) in [6.07, 6.45) is 0. The van der Waals surface area contributed by atoms with E-state index in [1.165, 1.54) is 12.7 Å². The Hall–Kier alpha value is -3.88. The number of fused-ring (bicyclic) bond motifs is 2. The number of anilines is 1. The van der Waals surface area contributed by atoms with E-state index in [9.17, 15) is 9.59 Å². The molecule has 1 aliphatic rings. The van der Waals surface area contributed by atoms with Gasteiger partial charge < -0.3 is 15.0 Å². The number of aliphatic imine (C=N–C) groups is 1. The number of hydrogen-bond acceptors (Lipinski definition) is 7. The molecule has 4 aromatic rings. The fourth-order valence-corrected chi connectivity index (χ4v) is 4.99. The van der Waals surface area contributed by atoms with Crippen LogP contribution < -0.4 is 5.32 Å². The van der Waals surface area contributed by atoms with Crippen LogP contribution in [0.4, 0.5) is 11.4 Å². The van der Waals surface area contributed by atoms with E-state index in [1.807, 2.05) is 56.6 Å². The molecular weight excluding hydrogens is 460 g/mol. The van der Waals surface area contributed by atoms with Crippen LogP contribution in [0, 0.1) is 0 Å². The maximum absolute atomic E-state index is 13.3. The largest absolute Gasteiger partial charge is 0.465 e. The van der Waals surface area contributed by atoms with Crippen molar-refractivity contribution in [3.63, 3.8) is 0 Å². The zero-order valence-corrected chi connectivity index (χ0v) is 20.4. The maximum atomic E-state index is 13.3. The van der Waals surface area contributed by atoms with Gasteiger partial charge in [-0.1, -0.05) is 24.3 Å². The highest BCUT2D eigenvalue weighted by molar-refractivity contribution is 7.16. The van der Waals surface area contributed by atoms with Gasteiger partial charge in [0.05, 0.1) is 39.8 Å². The Balaban J connectivity index is 1.61. The van der Waals surface area contributed by atoms with Crippen LogP contribution in [-0.2, 0) is 16.1 Å². The summed E-state index contributed by atoms with van der Waals surface area (Å²) in [5.41, 5.74) is 7.90. The number of hydrogen-bond donors (Lipinski definition) is 1. The van der Waals surface area contributed by atoms with Crippen molar-refractivity contribution in [1.82, 2.24) is 9.88 Å². The number of esters is 1. The van der Waals surface area contributed by atoms with Crippen molar-refractivity contribution in [3.8, 4) is 0 Å². The lowest BCUT2D eigenvalue weighted by atomic mass is 9.90. The number of methoxy groups -OCH3 is 1. The summed E-state index contributed by atoms with van der Waals surface area (Å²) in [6.45, 7) is 0.833. The van der Waals surface area contributed by atoms with Crippen molar-refractivity contribution in [2.75, 3.05) is 26.5 Å². The normalized spacial score (nSPS) is 15.4. The maximum Gasteiger partial charge on any atom is 0.337 e. The molecule has 0 fully saturated rings. The van der Waals surface area contributed by atoms with Crippen LogP contribution in [0.5, 0.6) is 0 Å². The van der Waals surface area contributed by atoms with Gasteiger partial charge in [-0.2, -0.15) is 0 Å². The van der Waals surface area contributed by atoms with Gasteiger partial charge in [-0.3, -0.25) is 9.79 Å². The van der Waals surface area contributed by atoms with Gasteiger partial charge in [-0.15, -0.1) is 11.3 Å². The number of ether oxygens (including phenoxy) is 1. The molecule has 0 saturated heterocycles. The molecule has 35 heavy (non-hydrogen) atoms. The first-order valence-electron chi connectivity index (χ1n) is 11.1. The van der Waals surface area contributed by atoms with Gasteiger partial charge in [0.15, 0.2) is 0 Å². The molecule has 0 bridgehead atoms. The molecule has 8 heteroatoms. The molecule has 176 valence electrons. The number of amides is 1. The van der Waals surface area contributed by atoms with E-state index in [0.717, 1.165) is 33.6 Å². The zero-order valence-electron chi connectivity index (χ0n) is 19.6. The zero-order chi connectivity index (χ0) is 24.5. The van der Waals surface area contributed by atoms with Crippen molar-refractivity contribution in [2.24, 2.45) is 4.99 Å². The van der Waals surface area contributed by atoms with Crippen LogP contribution in [0.3, 0.4) is 0 Å². The highest BCUT2D eigenvalue weighted by atomic mass is 32.1. The molecule has 5 rings (SSSR count). The molecule has 1 N–H and O–H groups in total. The van der Waals surface area contributed by atoms with Gasteiger partial charge in [0, 0.05) is 12.2 Å². The second-order valence-corrected chi connectivity index (χ2v) is 9.54. The smallest absolute Gasteiger partial charge is 0.337 e. The van der Waals surface area contributed by atoms with Crippen molar-refractivity contribution in [1.29, 1.82) is 0 Å². The van der Waals surface area contributed by atoms with E-state index >= 15 is 0 Å². The SMILES string of the molecule is COC(=O)c1ccc2c(c1)NC(=O)C2C(=Nc1ccc(CN(C)C)cc1)c1ccc2ncsc2c1. The number of nitrogens with one attached hydrogen (secondary N) is 1. The molecule has 1 amide bonds. The van der Waals surface area contributed by atoms with E-state index in [4.69, 9.17) is 9.73 Å². The highest BCUT2D eigenvalue weighted by Gasteiger charge is 2.36. The average molecular weight is 485 g/mol. The molecular formula is C27H24N4O3S. The Kier molecular flexibility index (Phi) is 6.15. The molecule has 1 unspecified atom stereocenters. The van der Waals surface area contributed by atoms with Crippen LogP contribution in [-0.4, -0.2) is 48.7 Å². The van der Waals surface area contributed by atoms with Gasteiger partial charge in [0.2, 0.25) is 5.91 Å². The van der Waals surface area contributed by atoms with Gasteiger partial charge in [0.25, 0.3) is 0 Å². The Bertz CT molecular complexity index is 1460. The Labute approximate surface area is 207 Å². The summed E-state index contributed by atoms with van der Waals surface area (Å²) in [4.78, 5) is 36.7. The standard InChI is InChI=1S/C27H24N4O3S/c1-31(2)14-16-4-8-19(9-5-16)29-25(17-7-11-21-23(13-17)35-15-28-21)24-20-10-6-18(27(33)34-3)12-22(20)30-26(24)32/h4-13,15,24H,14H2,1-3H3,(H,30,32). The van der Waals surface area contributed by atoms with Gasteiger partial charge in [-0.05, 0) is 67.2 Å². The number of benzene rings is 3. The van der Waals surface area contributed by atoms with E-state index in [-0.39, 0.29) is 5.91 Å². The fraction of sp³-hybridized carbons (Fsp3) is 0.185. The number of rotatable bonds is 6. The summed E-state index contributed by atoms with van der Waals surface area (Å²) in [6, 6.07) is 19.1. The van der Waals surface area contributed by atoms with Gasteiger partial charge in [0.1, 0.15) is 5.92 Å². The molecule has 0 saturated carbocycles. The number of carbonyl (C=O) groups is 2. The Morgan fingerprint density at radius 1 is 1.09 bits per heavy atom. The van der Waals surface area contributed by atoms with Gasteiger partial charge >= 0.3 is 5.97 Å². The molecule has 1 aromatic heterocycles. The lowest BCUT2D eigenvalue weighted by molar-refractivity contribution is -0.115. The Morgan fingerprint density at radius 2 is 1.86 bits per heavy atom. The molecule has 0 radical (unpaired) electrons. The Morgan fingerprint density at radius 3 is 2.60 bits per heavy atom. The molecule has 3 aromatic carbocycles. The quantitative estimate of drug-likeness (QED) is 0.308. The first-order chi connectivity index (χ1) is 16.9. The minimum absolute atomic E-state index is 0.186. The third-order valence-corrected chi connectivity index (χ3v) is 6.68. The van der Waals surface area contributed by atoms with Crippen molar-refractivity contribution < 1.29 is 14.3 Å². The lowest BCUT2D eigenvalue weighted by Gasteiger charge is -2.15. The summed E-state index contributed by atoms with van der Waals surface area (Å²) in [7, 11) is 5.39. The van der Waals surface area contributed by atoms with Crippen LogP contribution in [0.25, 0.3) is 10.2 Å². The lowest BCUT2D eigenvalue weighted by Crippen LogP contribution is -2.22. The minimum atomic E-state index is -0.622. The van der Waals surface area contributed by atoms with Crippen molar-refractivity contribution in [3.05, 3.63) is 88.4 Å². The van der Waals surface area contributed by atoms with Crippen molar-refractivity contribution >= 4 is 50.5 Å². The van der Waals surface area contributed by atoms with Crippen LogP contribution in [0.2, 0.25) is 0 Å². The monoisotopic (exact) mass is 484 g/mol. The predicted molar refractivity (Wildman–Crippen MR) is 139 cm³/mol. The number of carbonyl (C=O) groups excluding carboxylic acids is 2. The summed E-state index contributed by atoms with van der Waals surface area (Å²) < 4.78 is 5.85. The summed E-state index contributed by atoms with van der Waals surface area (Å²) in [5, 5.41) is 2.92. The topological polar surface area (TPSA) is 83.9 Å². The summed E-state index contributed by atoms with van der Waals surface area (Å²) >= 11 is 1.55. The predicted octanol–water partition coefficient (Wildman–Crippen LogP) is 5.00. The molecule has 7 nitrogen and oxygen atoms in total. The van der Waals surface area contributed by atoms with Crippen molar-refractivity contribution in [2.45, 2.75) is 12.5 Å². The number of thiazole rings is 1. The molecule has 1 atom stereocenters. The molecule has 1 aliphatic heterocycles. The average Bonchev–Trinajstić information content (AvgIpc) is 3.45. The number of nitrogens with zero attached hydrogens (tertiary/aromatic N) is 3. The third-order valence-electron chi connectivity index (χ3n) is 5.89. The second-order valence-electron chi connectivity index (χ2n) is 8.65. The first kappa shape index (κ1) is 22.9. The highest BCUT2D eigenvalue weighted by Crippen LogP contribution is 2.37. The third kappa shape index (κ3) is 4.58. The van der Waals surface area contributed by atoms with E-state index in [1.54, 1.807) is 35.0 Å². The fourth-order valence-electron chi connectivity index (χ4n) is 4.27. The van der Waals surface area contributed by atoms with Crippen LogP contribution >= 0.6 is 11.3 Å². The summed E-state index contributed by atoms with van der Waals surface area (Å²) in [5.74, 6) is -1.26. The van der Waals surface area contributed by atoms with Crippen LogP contribution in [0.1, 0.15) is 33.0 Å². The van der Waals surface area contributed by atoms with E-state index in [2.05, 4.69) is 15.2 Å². The number of aromatic nitrogens is 1. The molecule has 0 spiro atoms. The minimum Gasteiger partial charge on any atom is -0.465 e. The second kappa shape index (κ2) is 9.40. The first-order valence-corrected chi connectivity index (χ1v) is 12.0. The molecule has 0 aliphatic carbocycles. The van der Waals surface area contributed by atoms with Gasteiger partial charge in [-0.25, -0.2) is 9.78 Å². The van der Waals surface area contributed by atoms with Crippen LogP contribution in [0.15, 0.2) is 71.2 Å².